The Morgan fingerprint density at radius 1 is 1.44 bits per heavy atom. The number of hydrogen-bond acceptors (Lipinski definition) is 2. The first kappa shape index (κ1) is 12.5. The maximum atomic E-state index is 13.4. The summed E-state index contributed by atoms with van der Waals surface area (Å²) in [5.74, 6) is -1.88. The van der Waals surface area contributed by atoms with Gasteiger partial charge in [0, 0.05) is 12.1 Å². The summed E-state index contributed by atoms with van der Waals surface area (Å²) < 4.78 is 13.4. The minimum atomic E-state index is -1.01. The van der Waals surface area contributed by atoms with Crippen molar-refractivity contribution in [3.8, 4) is 0 Å². The monoisotopic (exact) mass is 251 g/mol. The summed E-state index contributed by atoms with van der Waals surface area (Å²) in [5.41, 5.74) is 0.661. The van der Waals surface area contributed by atoms with E-state index in [-0.39, 0.29) is 5.56 Å². The Hall–Kier alpha value is -1.91. The number of carboxylic acids is 1. The molecule has 1 atom stereocenters. The van der Waals surface area contributed by atoms with E-state index in [1.165, 1.54) is 17.0 Å². The summed E-state index contributed by atoms with van der Waals surface area (Å²) in [6, 6.07) is 3.42. The number of rotatable bonds is 2. The fourth-order valence-corrected chi connectivity index (χ4v) is 2.16. The molecule has 1 saturated heterocycles. The van der Waals surface area contributed by atoms with E-state index in [1.807, 2.05) is 0 Å². The van der Waals surface area contributed by atoms with Crippen LogP contribution in [0.2, 0.25) is 0 Å². The SMILES string of the molecule is Cc1ccc(C(=O)N2CCC[C@@H]2C(=O)O)cc1F. The first-order valence-corrected chi connectivity index (χ1v) is 5.80. The van der Waals surface area contributed by atoms with Crippen LogP contribution in [0.25, 0.3) is 0 Å². The van der Waals surface area contributed by atoms with Crippen LogP contribution < -0.4 is 0 Å². The van der Waals surface area contributed by atoms with Gasteiger partial charge in [0.05, 0.1) is 0 Å². The van der Waals surface area contributed by atoms with Crippen LogP contribution in [0, 0.1) is 12.7 Å². The Morgan fingerprint density at radius 2 is 2.17 bits per heavy atom. The summed E-state index contributed by atoms with van der Waals surface area (Å²) in [7, 11) is 0. The van der Waals surface area contributed by atoms with Crippen LogP contribution in [0.5, 0.6) is 0 Å². The first-order valence-electron chi connectivity index (χ1n) is 5.80. The topological polar surface area (TPSA) is 57.6 Å². The van der Waals surface area contributed by atoms with Gasteiger partial charge in [0.1, 0.15) is 11.9 Å². The predicted molar refractivity (Wildman–Crippen MR) is 62.8 cm³/mol. The lowest BCUT2D eigenvalue weighted by molar-refractivity contribution is -0.141. The molecule has 0 spiro atoms. The van der Waals surface area contributed by atoms with Gasteiger partial charge in [-0.15, -0.1) is 0 Å². The van der Waals surface area contributed by atoms with Gasteiger partial charge in [-0.25, -0.2) is 9.18 Å². The maximum absolute atomic E-state index is 13.4. The zero-order valence-electron chi connectivity index (χ0n) is 10.0. The van der Waals surface area contributed by atoms with Gasteiger partial charge >= 0.3 is 5.97 Å². The van der Waals surface area contributed by atoms with Gasteiger partial charge in [0.25, 0.3) is 5.91 Å². The highest BCUT2D eigenvalue weighted by molar-refractivity contribution is 5.97. The highest BCUT2D eigenvalue weighted by Gasteiger charge is 2.34. The Labute approximate surface area is 104 Å². The quantitative estimate of drug-likeness (QED) is 0.872. The second kappa shape index (κ2) is 4.76. The van der Waals surface area contributed by atoms with Crippen LogP contribution >= 0.6 is 0 Å². The van der Waals surface area contributed by atoms with Crippen LogP contribution in [-0.2, 0) is 4.79 Å². The summed E-state index contributed by atoms with van der Waals surface area (Å²) in [4.78, 5) is 24.4. The summed E-state index contributed by atoms with van der Waals surface area (Å²) in [6.45, 7) is 2.02. The lowest BCUT2D eigenvalue weighted by atomic mass is 10.1. The molecule has 0 bridgehead atoms. The Morgan fingerprint density at radius 3 is 2.78 bits per heavy atom. The number of hydrogen-bond donors (Lipinski definition) is 1. The predicted octanol–water partition coefficient (Wildman–Crippen LogP) is 1.82. The second-order valence-corrected chi connectivity index (χ2v) is 4.46. The molecular formula is C13H14FNO3. The number of amides is 1. The molecule has 1 aromatic rings. The van der Waals surface area contributed by atoms with Crippen molar-refractivity contribution in [2.75, 3.05) is 6.54 Å². The number of carbonyl (C=O) groups is 2. The molecule has 1 N–H and O–H groups in total. The highest BCUT2D eigenvalue weighted by atomic mass is 19.1. The Balaban J connectivity index is 2.25. The second-order valence-electron chi connectivity index (χ2n) is 4.46. The molecule has 1 amide bonds. The molecule has 1 fully saturated rings. The third-order valence-electron chi connectivity index (χ3n) is 3.22. The molecule has 0 saturated carbocycles. The van der Waals surface area contributed by atoms with Crippen LogP contribution in [0.4, 0.5) is 4.39 Å². The zero-order valence-corrected chi connectivity index (χ0v) is 10.0. The molecule has 1 aliphatic rings. The minimum absolute atomic E-state index is 0.200. The van der Waals surface area contributed by atoms with Crippen molar-refractivity contribution >= 4 is 11.9 Å². The molecule has 1 aliphatic heterocycles. The molecular weight excluding hydrogens is 237 g/mol. The third-order valence-corrected chi connectivity index (χ3v) is 3.22. The van der Waals surface area contributed by atoms with Crippen molar-refractivity contribution < 1.29 is 19.1 Å². The van der Waals surface area contributed by atoms with Crippen LogP contribution in [0.1, 0.15) is 28.8 Å². The number of likely N-dealkylation sites (tertiary alicyclic amines) is 1. The number of carbonyl (C=O) groups excluding carboxylic acids is 1. The molecule has 1 aromatic carbocycles. The lowest BCUT2D eigenvalue weighted by Gasteiger charge is -2.21. The fraction of sp³-hybridized carbons (Fsp3) is 0.385. The van der Waals surface area contributed by atoms with Crippen molar-refractivity contribution in [3.63, 3.8) is 0 Å². The molecule has 2 rings (SSSR count). The van der Waals surface area contributed by atoms with Crippen molar-refractivity contribution in [1.29, 1.82) is 0 Å². The molecule has 5 heteroatoms. The van der Waals surface area contributed by atoms with E-state index in [4.69, 9.17) is 5.11 Å². The smallest absolute Gasteiger partial charge is 0.326 e. The van der Waals surface area contributed by atoms with E-state index in [9.17, 15) is 14.0 Å². The number of nitrogens with zero attached hydrogens (tertiary/aromatic N) is 1. The maximum Gasteiger partial charge on any atom is 0.326 e. The third kappa shape index (κ3) is 2.20. The highest BCUT2D eigenvalue weighted by Crippen LogP contribution is 2.21. The van der Waals surface area contributed by atoms with Crippen molar-refractivity contribution in [2.24, 2.45) is 0 Å². The normalized spacial score (nSPS) is 19.0. The summed E-state index contributed by atoms with van der Waals surface area (Å²) in [5, 5.41) is 9.01. The van der Waals surface area contributed by atoms with E-state index in [0.29, 0.717) is 24.9 Å². The summed E-state index contributed by atoms with van der Waals surface area (Å²) >= 11 is 0. The summed E-state index contributed by atoms with van der Waals surface area (Å²) in [6.07, 6.45) is 1.12. The van der Waals surface area contributed by atoms with Crippen molar-refractivity contribution in [2.45, 2.75) is 25.8 Å². The number of carboxylic acid groups (broad SMARTS) is 1. The van der Waals surface area contributed by atoms with E-state index >= 15 is 0 Å². The number of aryl methyl sites for hydroxylation is 1. The molecule has 0 aliphatic carbocycles. The first-order chi connectivity index (χ1) is 8.50. The average molecular weight is 251 g/mol. The average Bonchev–Trinajstić information content (AvgIpc) is 2.81. The molecule has 96 valence electrons. The minimum Gasteiger partial charge on any atom is -0.480 e. The van der Waals surface area contributed by atoms with Crippen molar-refractivity contribution in [1.82, 2.24) is 4.90 Å². The number of aliphatic carboxylic acids is 1. The van der Waals surface area contributed by atoms with Gasteiger partial charge in [0.2, 0.25) is 0 Å². The lowest BCUT2D eigenvalue weighted by Crippen LogP contribution is -2.40. The van der Waals surface area contributed by atoms with Gasteiger partial charge in [0.15, 0.2) is 0 Å². The van der Waals surface area contributed by atoms with Crippen LogP contribution in [-0.4, -0.2) is 34.5 Å². The fourth-order valence-electron chi connectivity index (χ4n) is 2.16. The van der Waals surface area contributed by atoms with Crippen LogP contribution in [0.15, 0.2) is 18.2 Å². The van der Waals surface area contributed by atoms with Crippen LogP contribution in [0.3, 0.4) is 0 Å². The van der Waals surface area contributed by atoms with E-state index in [0.717, 1.165) is 6.07 Å². The Kier molecular flexibility index (Phi) is 3.32. The largest absolute Gasteiger partial charge is 0.480 e. The van der Waals surface area contributed by atoms with E-state index in [1.54, 1.807) is 6.92 Å². The Bertz CT molecular complexity index is 501. The van der Waals surface area contributed by atoms with Gasteiger partial charge in [-0.2, -0.15) is 0 Å². The molecule has 0 aromatic heterocycles. The molecule has 18 heavy (non-hydrogen) atoms. The molecule has 4 nitrogen and oxygen atoms in total. The van der Waals surface area contributed by atoms with Gasteiger partial charge in [-0.05, 0) is 37.5 Å². The molecule has 0 unspecified atom stereocenters. The van der Waals surface area contributed by atoms with E-state index in [2.05, 4.69) is 0 Å². The van der Waals surface area contributed by atoms with Gasteiger partial charge in [-0.1, -0.05) is 6.07 Å². The van der Waals surface area contributed by atoms with Crippen molar-refractivity contribution in [3.05, 3.63) is 35.1 Å². The molecule has 1 heterocycles. The van der Waals surface area contributed by atoms with E-state index < -0.39 is 23.7 Å². The van der Waals surface area contributed by atoms with Gasteiger partial charge in [-0.3, -0.25) is 4.79 Å². The zero-order chi connectivity index (χ0) is 13.3. The number of benzene rings is 1. The number of halogens is 1. The molecule has 0 radical (unpaired) electrons. The standard InChI is InChI=1S/C13H14FNO3/c1-8-4-5-9(7-10(8)14)12(16)15-6-2-3-11(15)13(17)18/h4-5,7,11H,2-3,6H2,1H3,(H,17,18)/t11-/m1/s1. The van der Waals surface area contributed by atoms with Gasteiger partial charge < -0.3 is 10.0 Å².